The van der Waals surface area contributed by atoms with Crippen molar-refractivity contribution in [3.05, 3.63) is 0 Å². The molecule has 1 rings (SSSR count). The van der Waals surface area contributed by atoms with E-state index in [-0.39, 0.29) is 19.3 Å². The van der Waals surface area contributed by atoms with Gasteiger partial charge in [0.2, 0.25) is 0 Å². The molecule has 0 aromatic carbocycles. The minimum absolute atomic E-state index is 0.139. The van der Waals surface area contributed by atoms with Gasteiger partial charge < -0.3 is 15.1 Å². The molecule has 1 atom stereocenters. The second-order valence-electron chi connectivity index (χ2n) is 4.41. The van der Waals surface area contributed by atoms with Crippen LogP contribution in [0.15, 0.2) is 0 Å². The van der Waals surface area contributed by atoms with E-state index in [0.717, 1.165) is 12.5 Å². The van der Waals surface area contributed by atoms with E-state index in [9.17, 15) is 0 Å². The second kappa shape index (κ2) is 6.38. The van der Waals surface area contributed by atoms with Crippen molar-refractivity contribution in [1.82, 2.24) is 4.90 Å². The van der Waals surface area contributed by atoms with Gasteiger partial charge in [-0.25, -0.2) is 0 Å². The normalized spacial score (nSPS) is 19.7. The molecule has 1 aliphatic carbocycles. The molecule has 0 radical (unpaired) electrons. The van der Waals surface area contributed by atoms with Gasteiger partial charge in [-0.1, -0.05) is 19.3 Å². The lowest BCUT2D eigenvalue weighted by atomic mass is 9.83. The molecule has 0 aromatic heterocycles. The van der Waals surface area contributed by atoms with Crippen LogP contribution in [0, 0.1) is 5.92 Å². The molecule has 3 nitrogen and oxygen atoms in total. The minimum Gasteiger partial charge on any atom is -0.396 e. The van der Waals surface area contributed by atoms with Crippen molar-refractivity contribution in [1.29, 1.82) is 0 Å². The summed E-state index contributed by atoms with van der Waals surface area (Å²) >= 11 is 0. The number of likely N-dealkylation sites (N-methyl/N-ethyl adjacent to an activating group) is 1. The van der Waals surface area contributed by atoms with E-state index in [0.29, 0.717) is 6.42 Å². The Morgan fingerprint density at radius 2 is 2.07 bits per heavy atom. The lowest BCUT2D eigenvalue weighted by molar-refractivity contribution is 0.109. The van der Waals surface area contributed by atoms with Gasteiger partial charge in [-0.3, -0.25) is 0 Å². The number of rotatable bonds is 7. The second-order valence-corrected chi connectivity index (χ2v) is 4.41. The highest BCUT2D eigenvalue weighted by molar-refractivity contribution is 4.73. The van der Waals surface area contributed by atoms with Gasteiger partial charge in [0.1, 0.15) is 0 Å². The molecule has 1 fully saturated rings. The van der Waals surface area contributed by atoms with E-state index >= 15 is 0 Å². The maximum Gasteiger partial charge on any atom is 0.0587 e. The van der Waals surface area contributed by atoms with Gasteiger partial charge in [0, 0.05) is 12.6 Å². The Bertz CT molecular complexity index is 148. The number of hydrogen-bond acceptors (Lipinski definition) is 3. The zero-order valence-electron chi connectivity index (χ0n) is 9.15. The number of aliphatic hydroxyl groups excluding tert-OH is 2. The first kappa shape index (κ1) is 12.0. The molecule has 2 N–H and O–H groups in total. The van der Waals surface area contributed by atoms with Crippen LogP contribution in [0.4, 0.5) is 0 Å². The molecule has 0 heterocycles. The van der Waals surface area contributed by atoms with Crippen LogP contribution in [0.25, 0.3) is 0 Å². The molecular formula is C11H23NO2. The Hall–Kier alpha value is -0.120. The Labute approximate surface area is 86.7 Å². The molecular weight excluding hydrogens is 178 g/mol. The molecule has 3 heteroatoms. The summed E-state index contributed by atoms with van der Waals surface area (Å²) in [5.74, 6) is 0.922. The van der Waals surface area contributed by atoms with Crippen LogP contribution >= 0.6 is 0 Å². The summed E-state index contributed by atoms with van der Waals surface area (Å²) in [6.07, 6.45) is 6.10. The molecule has 84 valence electrons. The summed E-state index contributed by atoms with van der Waals surface area (Å²) in [5, 5.41) is 17.9. The van der Waals surface area contributed by atoms with Crippen LogP contribution in [-0.4, -0.2) is 48.0 Å². The smallest absolute Gasteiger partial charge is 0.0587 e. The molecule has 0 bridgehead atoms. The van der Waals surface area contributed by atoms with Crippen molar-refractivity contribution in [2.75, 3.05) is 26.8 Å². The first-order chi connectivity index (χ1) is 6.77. The maximum atomic E-state index is 9.11. The summed E-state index contributed by atoms with van der Waals surface area (Å²) in [4.78, 5) is 2.18. The monoisotopic (exact) mass is 201 g/mol. The number of aliphatic hydroxyl groups is 2. The van der Waals surface area contributed by atoms with Crippen molar-refractivity contribution in [2.45, 2.75) is 38.1 Å². The molecule has 14 heavy (non-hydrogen) atoms. The van der Waals surface area contributed by atoms with Gasteiger partial charge in [-0.05, 0) is 32.4 Å². The van der Waals surface area contributed by atoms with Crippen LogP contribution in [0.2, 0.25) is 0 Å². The fourth-order valence-corrected chi connectivity index (χ4v) is 1.95. The van der Waals surface area contributed by atoms with Crippen molar-refractivity contribution in [3.8, 4) is 0 Å². The highest BCUT2D eigenvalue weighted by Gasteiger charge is 2.19. The molecule has 0 spiro atoms. The summed E-state index contributed by atoms with van der Waals surface area (Å²) in [7, 11) is 2.04. The van der Waals surface area contributed by atoms with Crippen LogP contribution in [0.3, 0.4) is 0 Å². The summed E-state index contributed by atoms with van der Waals surface area (Å²) in [5.41, 5.74) is 0. The van der Waals surface area contributed by atoms with E-state index in [2.05, 4.69) is 4.90 Å². The van der Waals surface area contributed by atoms with Crippen LogP contribution in [0.5, 0.6) is 0 Å². The predicted molar refractivity (Wildman–Crippen MR) is 57.2 cm³/mol. The molecule has 0 saturated heterocycles. The van der Waals surface area contributed by atoms with Crippen LogP contribution < -0.4 is 0 Å². The van der Waals surface area contributed by atoms with E-state index in [1.165, 1.54) is 25.7 Å². The predicted octanol–water partition coefficient (Wildman–Crippen LogP) is 0.852. The van der Waals surface area contributed by atoms with Gasteiger partial charge >= 0.3 is 0 Å². The van der Waals surface area contributed by atoms with Gasteiger partial charge in [0.05, 0.1) is 6.61 Å². The Kier molecular flexibility index (Phi) is 5.45. The highest BCUT2D eigenvalue weighted by Crippen LogP contribution is 2.29. The third-order valence-corrected chi connectivity index (χ3v) is 3.41. The van der Waals surface area contributed by atoms with E-state index in [4.69, 9.17) is 10.2 Å². The van der Waals surface area contributed by atoms with Gasteiger partial charge in [0.15, 0.2) is 0 Å². The zero-order chi connectivity index (χ0) is 10.4. The van der Waals surface area contributed by atoms with E-state index in [1.807, 2.05) is 7.05 Å². The Balaban J connectivity index is 2.13. The topological polar surface area (TPSA) is 43.7 Å². The lowest BCUT2D eigenvalue weighted by Gasteiger charge is -2.30. The molecule has 1 aliphatic rings. The van der Waals surface area contributed by atoms with Crippen molar-refractivity contribution in [3.63, 3.8) is 0 Å². The standard InChI is InChI=1S/C11H23NO2/c1-12(11(9-14)6-8-13)7-5-10-3-2-4-10/h10-11,13-14H,2-9H2,1H3. The maximum absolute atomic E-state index is 9.11. The number of hydrogen-bond donors (Lipinski definition) is 2. The quantitative estimate of drug-likeness (QED) is 0.642. The van der Waals surface area contributed by atoms with E-state index in [1.54, 1.807) is 0 Å². The summed E-state index contributed by atoms with van der Waals surface area (Å²) < 4.78 is 0. The largest absolute Gasteiger partial charge is 0.396 e. The van der Waals surface area contributed by atoms with E-state index < -0.39 is 0 Å². The van der Waals surface area contributed by atoms with Gasteiger partial charge in [0.25, 0.3) is 0 Å². The average Bonchev–Trinajstić information content (AvgIpc) is 2.11. The molecule has 1 unspecified atom stereocenters. The minimum atomic E-state index is 0.139. The third kappa shape index (κ3) is 3.56. The van der Waals surface area contributed by atoms with Gasteiger partial charge in [-0.2, -0.15) is 0 Å². The number of nitrogens with zero attached hydrogens (tertiary/aromatic N) is 1. The highest BCUT2D eigenvalue weighted by atomic mass is 16.3. The Morgan fingerprint density at radius 3 is 2.50 bits per heavy atom. The lowest BCUT2D eigenvalue weighted by Crippen LogP contribution is -2.37. The first-order valence-corrected chi connectivity index (χ1v) is 5.70. The van der Waals surface area contributed by atoms with Crippen LogP contribution in [-0.2, 0) is 0 Å². The summed E-state index contributed by atoms with van der Waals surface area (Å²) in [6, 6.07) is 0.139. The SMILES string of the molecule is CN(CCC1CCC1)C(CO)CCO. The van der Waals surface area contributed by atoms with Crippen molar-refractivity contribution in [2.24, 2.45) is 5.92 Å². The van der Waals surface area contributed by atoms with Gasteiger partial charge in [-0.15, -0.1) is 0 Å². The zero-order valence-corrected chi connectivity index (χ0v) is 9.15. The van der Waals surface area contributed by atoms with Crippen LogP contribution in [0.1, 0.15) is 32.1 Å². The fraction of sp³-hybridized carbons (Fsp3) is 1.00. The third-order valence-electron chi connectivity index (χ3n) is 3.41. The first-order valence-electron chi connectivity index (χ1n) is 5.70. The fourth-order valence-electron chi connectivity index (χ4n) is 1.95. The molecule has 0 aliphatic heterocycles. The van der Waals surface area contributed by atoms with Crippen molar-refractivity contribution < 1.29 is 10.2 Å². The van der Waals surface area contributed by atoms with Crippen molar-refractivity contribution >= 4 is 0 Å². The average molecular weight is 201 g/mol. The summed E-state index contributed by atoms with van der Waals surface area (Å²) in [6.45, 7) is 1.37. The molecule has 1 saturated carbocycles. The molecule has 0 aromatic rings. The molecule has 0 amide bonds. The Morgan fingerprint density at radius 1 is 1.36 bits per heavy atom.